The summed E-state index contributed by atoms with van der Waals surface area (Å²) < 4.78 is 5.73. The SMILES string of the molecule is CCOC(=O)c1sc(NC(=O)c2cc(Cl)sc2Cl)cc1C. The van der Waals surface area contributed by atoms with Crippen molar-refractivity contribution in [3.05, 3.63) is 36.8 Å². The lowest BCUT2D eigenvalue weighted by Gasteiger charge is -2.00. The van der Waals surface area contributed by atoms with Crippen LogP contribution >= 0.6 is 45.9 Å². The number of amides is 1. The highest BCUT2D eigenvalue weighted by molar-refractivity contribution is 7.20. The largest absolute Gasteiger partial charge is 0.462 e. The monoisotopic (exact) mass is 363 g/mol. The summed E-state index contributed by atoms with van der Waals surface area (Å²) in [5.74, 6) is -0.753. The van der Waals surface area contributed by atoms with Gasteiger partial charge in [0.2, 0.25) is 0 Å². The van der Waals surface area contributed by atoms with Gasteiger partial charge in [0.1, 0.15) is 9.21 Å². The zero-order valence-electron chi connectivity index (χ0n) is 11.2. The van der Waals surface area contributed by atoms with Gasteiger partial charge in [0.25, 0.3) is 5.91 Å². The molecule has 0 unspecified atom stereocenters. The van der Waals surface area contributed by atoms with Gasteiger partial charge in [-0.1, -0.05) is 23.2 Å². The van der Waals surface area contributed by atoms with Crippen molar-refractivity contribution in [2.45, 2.75) is 13.8 Å². The van der Waals surface area contributed by atoms with Gasteiger partial charge >= 0.3 is 5.97 Å². The van der Waals surface area contributed by atoms with Crippen molar-refractivity contribution < 1.29 is 14.3 Å². The van der Waals surface area contributed by atoms with E-state index in [1.165, 1.54) is 6.07 Å². The van der Waals surface area contributed by atoms with Crippen LogP contribution in [0.2, 0.25) is 8.67 Å². The standard InChI is InChI=1S/C13H11Cl2NO3S2/c1-3-19-13(18)10-6(2)4-9(21-10)16-12(17)7-5-8(14)20-11(7)15/h4-5H,3H2,1-2H3,(H,16,17). The molecule has 2 heterocycles. The molecule has 2 rings (SSSR count). The smallest absolute Gasteiger partial charge is 0.348 e. The van der Waals surface area contributed by atoms with Crippen LogP contribution in [-0.2, 0) is 4.74 Å². The van der Waals surface area contributed by atoms with E-state index in [4.69, 9.17) is 27.9 Å². The molecule has 0 bridgehead atoms. The highest BCUT2D eigenvalue weighted by Gasteiger charge is 2.18. The van der Waals surface area contributed by atoms with Crippen LogP contribution in [0.1, 0.15) is 32.5 Å². The Balaban J connectivity index is 2.17. The summed E-state index contributed by atoms with van der Waals surface area (Å²) in [5, 5.41) is 3.26. The van der Waals surface area contributed by atoms with Crippen LogP contribution in [0.3, 0.4) is 0 Å². The Morgan fingerprint density at radius 2 is 2.00 bits per heavy atom. The molecule has 0 aliphatic rings. The van der Waals surface area contributed by atoms with E-state index in [1.807, 2.05) is 0 Å². The third-order valence-corrected chi connectivity index (χ3v) is 5.14. The number of thiophene rings is 2. The predicted molar refractivity (Wildman–Crippen MR) is 87.3 cm³/mol. The third kappa shape index (κ3) is 3.77. The number of carbonyl (C=O) groups excluding carboxylic acids is 2. The minimum Gasteiger partial charge on any atom is -0.462 e. The molecule has 0 radical (unpaired) electrons. The molecule has 21 heavy (non-hydrogen) atoms. The van der Waals surface area contributed by atoms with Gasteiger partial charge in [-0.05, 0) is 31.5 Å². The summed E-state index contributed by atoms with van der Waals surface area (Å²) in [7, 11) is 0. The van der Waals surface area contributed by atoms with Crippen LogP contribution in [0.25, 0.3) is 0 Å². The summed E-state index contributed by atoms with van der Waals surface area (Å²) in [6.45, 7) is 3.83. The number of hydrogen-bond donors (Lipinski definition) is 1. The number of carbonyl (C=O) groups is 2. The normalized spacial score (nSPS) is 10.5. The predicted octanol–water partition coefficient (Wildman–Crippen LogP) is 4.85. The van der Waals surface area contributed by atoms with E-state index in [-0.39, 0.29) is 5.91 Å². The molecule has 0 saturated heterocycles. The van der Waals surface area contributed by atoms with Crippen molar-refractivity contribution in [1.82, 2.24) is 0 Å². The molecule has 0 atom stereocenters. The molecule has 4 nitrogen and oxygen atoms in total. The Hall–Kier alpha value is -1.08. The lowest BCUT2D eigenvalue weighted by atomic mass is 10.3. The molecule has 2 aromatic heterocycles. The van der Waals surface area contributed by atoms with Gasteiger partial charge in [0.05, 0.1) is 21.5 Å². The zero-order valence-corrected chi connectivity index (χ0v) is 14.3. The van der Waals surface area contributed by atoms with Gasteiger partial charge in [-0.3, -0.25) is 4.79 Å². The first kappa shape index (κ1) is 16.3. The van der Waals surface area contributed by atoms with Crippen molar-refractivity contribution in [3.63, 3.8) is 0 Å². The van der Waals surface area contributed by atoms with Gasteiger partial charge in [-0.25, -0.2) is 4.79 Å². The molecule has 0 spiro atoms. The van der Waals surface area contributed by atoms with Crippen LogP contribution in [0.4, 0.5) is 5.00 Å². The van der Waals surface area contributed by atoms with E-state index in [9.17, 15) is 9.59 Å². The Kier molecular flexibility index (Phi) is 5.27. The minimum absolute atomic E-state index is 0.306. The van der Waals surface area contributed by atoms with Crippen LogP contribution in [0.15, 0.2) is 12.1 Å². The summed E-state index contributed by atoms with van der Waals surface area (Å²) in [5.41, 5.74) is 1.07. The van der Waals surface area contributed by atoms with E-state index in [0.717, 1.165) is 28.2 Å². The molecule has 0 aliphatic carbocycles. The molecule has 0 saturated carbocycles. The first-order valence-corrected chi connectivity index (χ1v) is 8.35. The first-order chi connectivity index (χ1) is 9.92. The summed E-state index contributed by atoms with van der Waals surface area (Å²) >= 11 is 14.0. The highest BCUT2D eigenvalue weighted by Crippen LogP contribution is 2.33. The average Bonchev–Trinajstić information content (AvgIpc) is 2.92. The summed E-state index contributed by atoms with van der Waals surface area (Å²) in [6.07, 6.45) is 0. The Morgan fingerprint density at radius 1 is 1.29 bits per heavy atom. The number of rotatable bonds is 4. The molecular formula is C13H11Cl2NO3S2. The maximum absolute atomic E-state index is 12.1. The van der Waals surface area contributed by atoms with E-state index < -0.39 is 5.97 Å². The lowest BCUT2D eigenvalue weighted by Crippen LogP contribution is -2.10. The van der Waals surface area contributed by atoms with Crippen molar-refractivity contribution in [2.24, 2.45) is 0 Å². The van der Waals surface area contributed by atoms with Gasteiger partial charge < -0.3 is 10.1 Å². The second-order valence-corrected chi connectivity index (χ2v) is 7.37. The number of esters is 1. The van der Waals surface area contributed by atoms with E-state index >= 15 is 0 Å². The second kappa shape index (κ2) is 6.79. The third-order valence-electron chi connectivity index (χ3n) is 2.52. The zero-order chi connectivity index (χ0) is 15.6. The first-order valence-electron chi connectivity index (χ1n) is 5.96. The highest BCUT2D eigenvalue weighted by atomic mass is 35.5. The maximum atomic E-state index is 12.1. The Labute approximate surface area is 139 Å². The summed E-state index contributed by atoms with van der Waals surface area (Å²) in [4.78, 5) is 24.3. The molecule has 2 aromatic rings. The molecule has 1 N–H and O–H groups in total. The summed E-state index contributed by atoms with van der Waals surface area (Å²) in [6, 6.07) is 3.23. The van der Waals surface area contributed by atoms with Gasteiger partial charge in [0.15, 0.2) is 0 Å². The molecule has 1 amide bonds. The molecular weight excluding hydrogens is 353 g/mol. The van der Waals surface area contributed by atoms with Crippen LogP contribution in [0, 0.1) is 6.92 Å². The van der Waals surface area contributed by atoms with Crippen LogP contribution in [-0.4, -0.2) is 18.5 Å². The fourth-order valence-electron chi connectivity index (χ4n) is 1.62. The molecule has 0 fully saturated rings. The fourth-order valence-corrected chi connectivity index (χ4v) is 4.04. The molecule has 112 valence electrons. The number of nitrogens with one attached hydrogen (secondary N) is 1. The van der Waals surface area contributed by atoms with Crippen LogP contribution in [0.5, 0.6) is 0 Å². The van der Waals surface area contributed by atoms with Crippen LogP contribution < -0.4 is 5.32 Å². The number of anilines is 1. The number of hydrogen-bond acceptors (Lipinski definition) is 5. The molecule has 0 aromatic carbocycles. The van der Waals surface area contributed by atoms with Gasteiger partial charge in [0, 0.05) is 0 Å². The van der Waals surface area contributed by atoms with Crippen molar-refractivity contribution in [1.29, 1.82) is 0 Å². The second-order valence-electron chi connectivity index (χ2n) is 4.04. The maximum Gasteiger partial charge on any atom is 0.348 e. The fraction of sp³-hybridized carbons (Fsp3) is 0.231. The number of ether oxygens (including phenoxy) is 1. The van der Waals surface area contributed by atoms with Gasteiger partial charge in [-0.2, -0.15) is 0 Å². The van der Waals surface area contributed by atoms with E-state index in [0.29, 0.717) is 30.7 Å². The Morgan fingerprint density at radius 3 is 2.57 bits per heavy atom. The molecule has 0 aliphatic heterocycles. The van der Waals surface area contributed by atoms with Crippen molar-refractivity contribution in [2.75, 3.05) is 11.9 Å². The topological polar surface area (TPSA) is 55.4 Å². The minimum atomic E-state index is -0.392. The van der Waals surface area contributed by atoms with Crippen molar-refractivity contribution >= 4 is 62.8 Å². The van der Waals surface area contributed by atoms with Crippen molar-refractivity contribution in [3.8, 4) is 0 Å². The number of aryl methyl sites for hydroxylation is 1. The van der Waals surface area contributed by atoms with E-state index in [1.54, 1.807) is 19.9 Å². The van der Waals surface area contributed by atoms with Gasteiger partial charge in [-0.15, -0.1) is 22.7 Å². The average molecular weight is 364 g/mol. The van der Waals surface area contributed by atoms with E-state index in [2.05, 4.69) is 5.32 Å². The lowest BCUT2D eigenvalue weighted by molar-refractivity contribution is 0.0531. The molecule has 8 heteroatoms. The Bertz CT molecular complexity index is 694. The number of halogens is 2. The quantitative estimate of drug-likeness (QED) is 0.789.